The summed E-state index contributed by atoms with van der Waals surface area (Å²) < 4.78 is 35.1. The van der Waals surface area contributed by atoms with Crippen LogP contribution in [0.3, 0.4) is 0 Å². The lowest BCUT2D eigenvalue weighted by Crippen LogP contribution is -2.47. The third-order valence-electron chi connectivity index (χ3n) is 7.28. The average Bonchev–Trinajstić information content (AvgIpc) is 3.14. The van der Waals surface area contributed by atoms with E-state index in [0.29, 0.717) is 55.4 Å². The van der Waals surface area contributed by atoms with E-state index in [1.54, 1.807) is 24.2 Å². The molecule has 0 aromatic carbocycles. The van der Waals surface area contributed by atoms with Crippen molar-refractivity contribution in [2.45, 2.75) is 17.0 Å². The molecule has 1 N–H and O–H groups in total. The molecule has 13 nitrogen and oxygen atoms in total. The Morgan fingerprint density at radius 3 is 2.70 bits per heavy atom. The number of carbonyl (C=O) groups is 2. The lowest BCUT2D eigenvalue weighted by atomic mass is 10.1. The van der Waals surface area contributed by atoms with E-state index in [2.05, 4.69) is 20.2 Å². The van der Waals surface area contributed by atoms with E-state index >= 15 is 0 Å². The van der Waals surface area contributed by atoms with Crippen molar-refractivity contribution < 1.29 is 27.5 Å². The molecule has 222 valence electrons. The maximum absolute atomic E-state index is 12.7. The van der Waals surface area contributed by atoms with Crippen LogP contribution in [-0.2, 0) is 25.9 Å². The van der Waals surface area contributed by atoms with Gasteiger partial charge in [-0.1, -0.05) is 6.07 Å². The molecule has 2 aliphatic heterocycles. The number of amides is 2. The van der Waals surface area contributed by atoms with Crippen LogP contribution >= 0.6 is 0 Å². The maximum Gasteiger partial charge on any atom is 0.410 e. The Hall–Kier alpha value is -4.69. The number of nitrogens with one attached hydrogen (secondary N) is 1. The molecule has 2 amide bonds. The molecule has 0 radical (unpaired) electrons. The largest absolute Gasteiger partial charge is 0.437 e. The Labute approximate surface area is 247 Å². The first-order valence-electron chi connectivity index (χ1n) is 13.5. The van der Waals surface area contributed by atoms with E-state index in [1.165, 1.54) is 18.5 Å². The summed E-state index contributed by atoms with van der Waals surface area (Å²) in [6, 6.07) is 12.6. The molecule has 2 fully saturated rings. The predicted octanol–water partition coefficient (Wildman–Crippen LogP) is 2.08. The van der Waals surface area contributed by atoms with Crippen molar-refractivity contribution in [3.05, 3.63) is 72.3 Å². The summed E-state index contributed by atoms with van der Waals surface area (Å²) in [5, 5.41) is 3.57. The highest BCUT2D eigenvalue weighted by atomic mass is 32.2. The molecule has 0 bridgehead atoms. The number of fused-ring (bicyclic) bond motifs is 1. The Morgan fingerprint density at radius 2 is 1.91 bits per heavy atom. The molecule has 2 saturated heterocycles. The number of sulfone groups is 1. The maximum atomic E-state index is 12.7. The average molecular weight is 604 g/mol. The Morgan fingerprint density at radius 1 is 1.07 bits per heavy atom. The van der Waals surface area contributed by atoms with Crippen molar-refractivity contribution in [1.82, 2.24) is 30.2 Å². The molecule has 4 aromatic heterocycles. The van der Waals surface area contributed by atoms with Crippen LogP contribution in [0, 0.1) is 0 Å². The smallest absolute Gasteiger partial charge is 0.410 e. The molecule has 4 aromatic rings. The van der Waals surface area contributed by atoms with Crippen molar-refractivity contribution in [3.63, 3.8) is 0 Å². The van der Waals surface area contributed by atoms with Gasteiger partial charge in [0.05, 0.1) is 65.9 Å². The highest BCUT2D eigenvalue weighted by molar-refractivity contribution is 7.90. The molecule has 0 aliphatic carbocycles. The summed E-state index contributed by atoms with van der Waals surface area (Å²) in [4.78, 5) is 46.4. The first-order valence-corrected chi connectivity index (χ1v) is 15.4. The van der Waals surface area contributed by atoms with Crippen LogP contribution in [-0.4, -0.2) is 97.0 Å². The van der Waals surface area contributed by atoms with E-state index < -0.39 is 21.3 Å². The molecule has 0 saturated carbocycles. The number of nitrogens with zero attached hydrogens (tertiary/aromatic N) is 6. The van der Waals surface area contributed by atoms with E-state index in [0.717, 1.165) is 17.5 Å². The van der Waals surface area contributed by atoms with Crippen LogP contribution in [0.15, 0.2) is 66.0 Å². The summed E-state index contributed by atoms with van der Waals surface area (Å²) in [7, 11) is -1.78. The standard InChI is InChI=1S/C29H29N7O6S/c1-35-16-29(42-28(35)38)17-36(8-9-41-18-29)26-5-3-4-23(34-26)24-7-6-19-13-31-21(11-25(19)33-24)14-32-27(37)20-10-22(15-30-12-20)43(2,39)40/h3-7,10-13,15H,8-9,14,16-18H2,1-2H3,(H,32,37)/t29-/m1/s1. The van der Waals surface area contributed by atoms with Crippen LogP contribution in [0.1, 0.15) is 16.1 Å². The lowest BCUT2D eigenvalue weighted by molar-refractivity contribution is -0.00657. The second kappa shape index (κ2) is 11.2. The summed E-state index contributed by atoms with van der Waals surface area (Å²) in [6.45, 7) is 2.41. The van der Waals surface area contributed by atoms with E-state index in [-0.39, 0.29) is 23.1 Å². The van der Waals surface area contributed by atoms with Gasteiger partial charge in [-0.25, -0.2) is 23.2 Å². The normalized spacial score (nSPS) is 19.0. The van der Waals surface area contributed by atoms with Crippen LogP contribution in [0.2, 0.25) is 0 Å². The lowest BCUT2D eigenvalue weighted by Gasteiger charge is -2.30. The van der Waals surface area contributed by atoms with Crippen molar-refractivity contribution in [2.75, 3.05) is 51.1 Å². The number of ether oxygens (including phenoxy) is 2. The van der Waals surface area contributed by atoms with Crippen molar-refractivity contribution in [1.29, 1.82) is 0 Å². The van der Waals surface area contributed by atoms with E-state index in [4.69, 9.17) is 19.4 Å². The van der Waals surface area contributed by atoms with Crippen LogP contribution in [0.25, 0.3) is 22.3 Å². The van der Waals surface area contributed by atoms with Crippen LogP contribution < -0.4 is 10.2 Å². The van der Waals surface area contributed by atoms with Gasteiger partial charge in [-0.3, -0.25) is 14.8 Å². The third kappa shape index (κ3) is 6.10. The SMILES string of the molecule is CN1C[C@@]2(COCCN(c3cccc(-c4ccc5cnc(CNC(=O)c6cncc(S(C)(=O)=O)c6)cc5n4)n3)C2)OC1=O. The fraction of sp³-hybridized carbons (Fsp3) is 0.310. The molecule has 2 aliphatic rings. The monoisotopic (exact) mass is 603 g/mol. The molecule has 1 spiro atoms. The van der Waals surface area contributed by atoms with Crippen molar-refractivity contribution in [2.24, 2.45) is 0 Å². The van der Waals surface area contributed by atoms with Crippen LogP contribution in [0.4, 0.5) is 10.6 Å². The van der Waals surface area contributed by atoms with Crippen LogP contribution in [0.5, 0.6) is 0 Å². The zero-order valence-corrected chi connectivity index (χ0v) is 24.4. The Kier molecular flexibility index (Phi) is 7.40. The van der Waals surface area contributed by atoms with Gasteiger partial charge in [0.1, 0.15) is 5.82 Å². The van der Waals surface area contributed by atoms with Gasteiger partial charge in [-0.05, 0) is 36.4 Å². The first-order chi connectivity index (χ1) is 20.6. The highest BCUT2D eigenvalue weighted by Crippen LogP contribution is 2.29. The predicted molar refractivity (Wildman–Crippen MR) is 156 cm³/mol. The summed E-state index contributed by atoms with van der Waals surface area (Å²) in [5.74, 6) is 0.254. The zero-order chi connectivity index (χ0) is 30.2. The molecule has 6 heterocycles. The zero-order valence-electron chi connectivity index (χ0n) is 23.6. The number of pyridine rings is 4. The van der Waals surface area contributed by atoms with E-state index in [9.17, 15) is 18.0 Å². The van der Waals surface area contributed by atoms with Gasteiger partial charge >= 0.3 is 6.09 Å². The number of aromatic nitrogens is 4. The Balaban J connectivity index is 1.20. The topological polar surface area (TPSA) is 157 Å². The fourth-order valence-corrected chi connectivity index (χ4v) is 5.70. The number of anilines is 1. The number of carbonyl (C=O) groups excluding carboxylic acids is 2. The fourth-order valence-electron chi connectivity index (χ4n) is 5.11. The number of hydrogen-bond donors (Lipinski definition) is 1. The molecule has 1 atom stereocenters. The molecule has 14 heteroatoms. The highest BCUT2D eigenvalue weighted by Gasteiger charge is 2.46. The molecule has 0 unspecified atom stereocenters. The van der Waals surface area contributed by atoms with Gasteiger partial charge in [-0.2, -0.15) is 0 Å². The minimum absolute atomic E-state index is 0.0309. The Bertz CT molecular complexity index is 1840. The number of rotatable bonds is 6. The van der Waals surface area contributed by atoms with Gasteiger partial charge in [0, 0.05) is 43.8 Å². The number of likely N-dealkylation sites (N-methyl/N-ethyl adjacent to an activating group) is 1. The van der Waals surface area contributed by atoms with Gasteiger partial charge in [0.15, 0.2) is 15.4 Å². The molecule has 43 heavy (non-hydrogen) atoms. The second-order valence-electron chi connectivity index (χ2n) is 10.7. The quantitative estimate of drug-likeness (QED) is 0.344. The van der Waals surface area contributed by atoms with Crippen molar-refractivity contribution in [3.8, 4) is 11.4 Å². The molecule has 6 rings (SSSR count). The van der Waals surface area contributed by atoms with Gasteiger partial charge < -0.3 is 24.6 Å². The third-order valence-corrected chi connectivity index (χ3v) is 8.35. The summed E-state index contributed by atoms with van der Waals surface area (Å²) in [6.07, 6.45) is 4.89. The first kappa shape index (κ1) is 28.4. The molecular formula is C29H29N7O6S. The minimum atomic E-state index is -3.49. The van der Waals surface area contributed by atoms with Gasteiger partial charge in [0.2, 0.25) is 0 Å². The van der Waals surface area contributed by atoms with Crippen molar-refractivity contribution >= 4 is 38.6 Å². The molecular weight excluding hydrogens is 574 g/mol. The summed E-state index contributed by atoms with van der Waals surface area (Å²) >= 11 is 0. The minimum Gasteiger partial charge on any atom is -0.437 e. The summed E-state index contributed by atoms with van der Waals surface area (Å²) in [5.41, 5.74) is 1.96. The van der Waals surface area contributed by atoms with E-state index in [1.807, 2.05) is 30.3 Å². The van der Waals surface area contributed by atoms with Gasteiger partial charge in [-0.15, -0.1) is 0 Å². The second-order valence-corrected chi connectivity index (χ2v) is 12.7. The van der Waals surface area contributed by atoms with Gasteiger partial charge in [0.25, 0.3) is 5.91 Å². The number of hydrogen-bond acceptors (Lipinski definition) is 11.